The third-order valence-corrected chi connectivity index (χ3v) is 5.99. The van der Waals surface area contributed by atoms with Gasteiger partial charge in [-0.3, -0.25) is 9.69 Å². The Bertz CT molecular complexity index is 1160. The second-order valence-corrected chi connectivity index (χ2v) is 8.86. The predicted octanol–water partition coefficient (Wildman–Crippen LogP) is 5.01. The van der Waals surface area contributed by atoms with Crippen molar-refractivity contribution in [2.75, 3.05) is 19.6 Å². The molecule has 1 atom stereocenters. The zero-order valence-corrected chi connectivity index (χ0v) is 19.7. The van der Waals surface area contributed by atoms with Crippen molar-refractivity contribution < 1.29 is 14.3 Å². The number of benzene rings is 2. The number of amides is 1. The van der Waals surface area contributed by atoms with E-state index in [2.05, 4.69) is 16.1 Å². The fourth-order valence-corrected chi connectivity index (χ4v) is 4.23. The molecule has 1 aliphatic rings. The minimum Gasteiger partial charge on any atom is -0.457 e. The second-order valence-electron chi connectivity index (χ2n) is 8.42. The number of ether oxygens (including phenoxy) is 1. The van der Waals surface area contributed by atoms with Gasteiger partial charge in [-0.1, -0.05) is 23.7 Å². The number of aryl methyl sites for hydroxylation is 1. The first-order valence-electron chi connectivity index (χ1n) is 10.9. The normalized spacial score (nSPS) is 16.6. The maximum Gasteiger partial charge on any atom is 0.345 e. The largest absolute Gasteiger partial charge is 0.457 e. The molecule has 33 heavy (non-hydrogen) atoms. The number of nitrogens with zero attached hydrogens (tertiary/aromatic N) is 4. The van der Waals surface area contributed by atoms with Gasteiger partial charge < -0.3 is 9.64 Å². The fourth-order valence-electron chi connectivity index (χ4n) is 4.10. The van der Waals surface area contributed by atoms with Crippen LogP contribution in [0, 0.1) is 6.92 Å². The highest BCUT2D eigenvalue weighted by Crippen LogP contribution is 2.25. The van der Waals surface area contributed by atoms with E-state index in [1.54, 1.807) is 25.3 Å². The van der Waals surface area contributed by atoms with Gasteiger partial charge in [0.05, 0.1) is 0 Å². The van der Waals surface area contributed by atoms with Gasteiger partial charge in [-0.05, 0) is 61.4 Å². The first kappa shape index (κ1) is 23.0. The standard InChI is InChI=1S/C25H27ClN4O3/c1-17-14-30(27-24(17)19(3)31)25(32)29-12-11-28(15-18(29)2)16-20-5-4-6-23(13-20)33-22-9-7-21(26)8-10-22/h4-10,13-14,18H,11-12,15-16H2,1-3H3/t18-/m0/s1. The summed E-state index contributed by atoms with van der Waals surface area (Å²) in [6.45, 7) is 8.13. The second kappa shape index (κ2) is 9.77. The Morgan fingerprint density at radius 3 is 2.55 bits per heavy atom. The average Bonchev–Trinajstić information content (AvgIpc) is 3.17. The molecule has 2 heterocycles. The van der Waals surface area contributed by atoms with Crippen LogP contribution in [0.1, 0.15) is 35.5 Å². The Kier molecular flexibility index (Phi) is 6.81. The molecule has 1 fully saturated rings. The van der Waals surface area contributed by atoms with Gasteiger partial charge in [0, 0.05) is 50.4 Å². The summed E-state index contributed by atoms with van der Waals surface area (Å²) in [7, 11) is 0. The molecule has 1 saturated heterocycles. The SMILES string of the molecule is CC(=O)c1nn(C(=O)N2CCN(Cc3cccc(Oc4ccc(Cl)cc4)c3)C[C@@H]2C)cc1C. The smallest absolute Gasteiger partial charge is 0.345 e. The van der Waals surface area contributed by atoms with Crippen molar-refractivity contribution in [3.8, 4) is 11.5 Å². The van der Waals surface area contributed by atoms with Crippen LogP contribution in [0.4, 0.5) is 4.79 Å². The van der Waals surface area contributed by atoms with Crippen LogP contribution in [0.15, 0.2) is 54.7 Å². The molecule has 0 bridgehead atoms. The highest BCUT2D eigenvalue weighted by atomic mass is 35.5. The van der Waals surface area contributed by atoms with Crippen molar-refractivity contribution in [1.82, 2.24) is 19.6 Å². The third-order valence-electron chi connectivity index (χ3n) is 5.74. The zero-order valence-electron chi connectivity index (χ0n) is 19.0. The number of ketones is 1. The molecule has 0 unspecified atom stereocenters. The van der Waals surface area contributed by atoms with Gasteiger partial charge >= 0.3 is 6.03 Å². The number of Topliss-reactive ketones (excluding diaryl/α,β-unsaturated/α-hetero) is 1. The highest BCUT2D eigenvalue weighted by molar-refractivity contribution is 6.30. The minimum atomic E-state index is -0.198. The van der Waals surface area contributed by atoms with E-state index in [4.69, 9.17) is 16.3 Å². The number of piperazine rings is 1. The van der Waals surface area contributed by atoms with Crippen LogP contribution in [-0.2, 0) is 6.54 Å². The number of rotatable bonds is 5. The number of carbonyl (C=O) groups is 2. The van der Waals surface area contributed by atoms with Gasteiger partial charge in [-0.2, -0.15) is 9.78 Å². The number of hydrogen-bond donors (Lipinski definition) is 0. The zero-order chi connectivity index (χ0) is 23.5. The lowest BCUT2D eigenvalue weighted by Crippen LogP contribution is -2.54. The summed E-state index contributed by atoms with van der Waals surface area (Å²) in [5.74, 6) is 1.37. The number of aromatic nitrogens is 2. The van der Waals surface area contributed by atoms with E-state index in [0.29, 0.717) is 22.8 Å². The minimum absolute atomic E-state index is 0.0186. The number of hydrogen-bond acceptors (Lipinski definition) is 5. The van der Waals surface area contributed by atoms with Crippen molar-refractivity contribution in [2.24, 2.45) is 0 Å². The van der Waals surface area contributed by atoms with Crippen LogP contribution in [0.25, 0.3) is 0 Å². The molecule has 1 aromatic heterocycles. The highest BCUT2D eigenvalue weighted by Gasteiger charge is 2.29. The molecule has 3 aromatic rings. The molecule has 172 valence electrons. The van der Waals surface area contributed by atoms with Gasteiger partial charge in [0.25, 0.3) is 0 Å². The van der Waals surface area contributed by atoms with Gasteiger partial charge in [-0.15, -0.1) is 0 Å². The third kappa shape index (κ3) is 5.43. The lowest BCUT2D eigenvalue weighted by Gasteiger charge is -2.39. The summed E-state index contributed by atoms with van der Waals surface area (Å²) in [5.41, 5.74) is 2.19. The van der Waals surface area contributed by atoms with Gasteiger partial charge in [0.15, 0.2) is 5.78 Å². The summed E-state index contributed by atoms with van der Waals surface area (Å²) in [6, 6.07) is 15.1. The lowest BCUT2D eigenvalue weighted by atomic mass is 10.1. The maximum absolute atomic E-state index is 13.0. The van der Waals surface area contributed by atoms with Crippen molar-refractivity contribution in [1.29, 1.82) is 0 Å². The van der Waals surface area contributed by atoms with E-state index in [1.165, 1.54) is 11.6 Å². The maximum atomic E-state index is 13.0. The van der Waals surface area contributed by atoms with E-state index >= 15 is 0 Å². The Morgan fingerprint density at radius 2 is 1.88 bits per heavy atom. The Morgan fingerprint density at radius 1 is 1.12 bits per heavy atom. The van der Waals surface area contributed by atoms with Crippen LogP contribution in [0.5, 0.6) is 11.5 Å². The van der Waals surface area contributed by atoms with Crippen molar-refractivity contribution in [3.63, 3.8) is 0 Å². The Hall–Kier alpha value is -3.16. The molecule has 0 N–H and O–H groups in total. The van der Waals surface area contributed by atoms with Crippen molar-refractivity contribution in [3.05, 3.63) is 76.6 Å². The molecule has 8 heteroatoms. The van der Waals surface area contributed by atoms with Gasteiger partial charge in [-0.25, -0.2) is 4.79 Å². The topological polar surface area (TPSA) is 67.7 Å². The molecule has 1 aliphatic heterocycles. The summed E-state index contributed by atoms with van der Waals surface area (Å²) in [5, 5.41) is 4.87. The summed E-state index contributed by atoms with van der Waals surface area (Å²) >= 11 is 5.94. The molecule has 2 aromatic carbocycles. The lowest BCUT2D eigenvalue weighted by molar-refractivity contribution is 0.0964. The molecular formula is C25H27ClN4O3. The van der Waals surface area contributed by atoms with Crippen LogP contribution in [-0.4, -0.2) is 57.1 Å². The van der Waals surface area contributed by atoms with E-state index in [9.17, 15) is 9.59 Å². The molecule has 7 nitrogen and oxygen atoms in total. The molecule has 1 amide bonds. The number of halogens is 1. The van der Waals surface area contributed by atoms with Gasteiger partial charge in [0.1, 0.15) is 17.2 Å². The average molecular weight is 467 g/mol. The summed E-state index contributed by atoms with van der Waals surface area (Å²) in [6.07, 6.45) is 1.63. The molecule has 4 rings (SSSR count). The summed E-state index contributed by atoms with van der Waals surface area (Å²) < 4.78 is 7.23. The van der Waals surface area contributed by atoms with E-state index in [1.807, 2.05) is 42.2 Å². The molecular weight excluding hydrogens is 440 g/mol. The molecule has 0 saturated carbocycles. The molecule has 0 aliphatic carbocycles. The van der Waals surface area contributed by atoms with Crippen LogP contribution in [0.3, 0.4) is 0 Å². The molecule has 0 radical (unpaired) electrons. The monoisotopic (exact) mass is 466 g/mol. The molecule has 0 spiro atoms. The summed E-state index contributed by atoms with van der Waals surface area (Å²) in [4.78, 5) is 28.8. The van der Waals surface area contributed by atoms with Crippen molar-refractivity contribution >= 4 is 23.4 Å². The van der Waals surface area contributed by atoms with Crippen LogP contribution < -0.4 is 4.74 Å². The fraction of sp³-hybridized carbons (Fsp3) is 0.320. The van der Waals surface area contributed by atoms with Gasteiger partial charge in [0.2, 0.25) is 0 Å². The van der Waals surface area contributed by atoms with E-state index in [0.717, 1.165) is 36.7 Å². The van der Waals surface area contributed by atoms with Crippen LogP contribution >= 0.6 is 11.6 Å². The van der Waals surface area contributed by atoms with E-state index < -0.39 is 0 Å². The quantitative estimate of drug-likeness (QED) is 0.494. The van der Waals surface area contributed by atoms with Crippen LogP contribution in [0.2, 0.25) is 5.02 Å². The number of carbonyl (C=O) groups excluding carboxylic acids is 2. The Balaban J connectivity index is 1.37. The predicted molar refractivity (Wildman–Crippen MR) is 127 cm³/mol. The van der Waals surface area contributed by atoms with E-state index in [-0.39, 0.29) is 17.9 Å². The first-order valence-corrected chi connectivity index (χ1v) is 11.3. The Labute approximate surface area is 198 Å². The first-order chi connectivity index (χ1) is 15.8. The van der Waals surface area contributed by atoms with Crippen molar-refractivity contribution in [2.45, 2.75) is 33.4 Å².